The lowest BCUT2D eigenvalue weighted by atomic mass is 10.1. The van der Waals surface area contributed by atoms with Crippen LogP contribution >= 0.6 is 0 Å². The lowest BCUT2D eigenvalue weighted by Gasteiger charge is -2.09. The number of hydrogen-bond acceptors (Lipinski definition) is 2. The summed E-state index contributed by atoms with van der Waals surface area (Å²) in [5, 5.41) is 5.70. The van der Waals surface area contributed by atoms with E-state index in [4.69, 9.17) is 0 Å². The Bertz CT molecular complexity index is 555. The predicted octanol–water partition coefficient (Wildman–Crippen LogP) is 2.43. The third kappa shape index (κ3) is 4.39. The highest BCUT2D eigenvalue weighted by Gasteiger charge is 2.01. The zero-order valence-electron chi connectivity index (χ0n) is 11.6. The van der Waals surface area contributed by atoms with Crippen LogP contribution in [0.2, 0.25) is 0 Å². The summed E-state index contributed by atoms with van der Waals surface area (Å²) in [6.45, 7) is 3.19. The van der Waals surface area contributed by atoms with Gasteiger partial charge in [-0.1, -0.05) is 30.3 Å². The average molecular weight is 269 g/mol. The predicted molar refractivity (Wildman–Crippen MR) is 79.4 cm³/mol. The maximum absolute atomic E-state index is 11.7. The summed E-state index contributed by atoms with van der Waals surface area (Å²) >= 11 is 0. The zero-order valence-corrected chi connectivity index (χ0v) is 11.6. The van der Waals surface area contributed by atoms with Crippen molar-refractivity contribution in [3.05, 3.63) is 65.5 Å². The summed E-state index contributed by atoms with van der Waals surface area (Å²) in [5.74, 6) is 0. The molecule has 4 nitrogen and oxygen atoms in total. The molecule has 0 saturated heterocycles. The van der Waals surface area contributed by atoms with Crippen LogP contribution in [0.25, 0.3) is 0 Å². The number of carbonyl (C=O) groups is 1. The number of carbonyl (C=O) groups excluding carboxylic acids is 1. The smallest absolute Gasteiger partial charge is 0.315 e. The second kappa shape index (κ2) is 7.28. The highest BCUT2D eigenvalue weighted by Crippen LogP contribution is 2.05. The van der Waals surface area contributed by atoms with E-state index in [1.54, 1.807) is 6.20 Å². The van der Waals surface area contributed by atoms with E-state index in [1.165, 1.54) is 5.56 Å². The Morgan fingerprint density at radius 2 is 2.00 bits per heavy atom. The zero-order chi connectivity index (χ0) is 14.2. The molecule has 0 bridgehead atoms. The third-order valence-electron chi connectivity index (χ3n) is 3.12. The molecule has 0 aliphatic rings. The van der Waals surface area contributed by atoms with Gasteiger partial charge in [0.2, 0.25) is 0 Å². The van der Waals surface area contributed by atoms with Crippen molar-refractivity contribution in [1.82, 2.24) is 15.6 Å². The number of hydrogen-bond donors (Lipinski definition) is 2. The first-order valence-electron chi connectivity index (χ1n) is 6.71. The summed E-state index contributed by atoms with van der Waals surface area (Å²) in [6.07, 6.45) is 4.34. The lowest BCUT2D eigenvalue weighted by Crippen LogP contribution is -2.36. The van der Waals surface area contributed by atoms with Crippen LogP contribution in [0.15, 0.2) is 48.8 Å². The second-order valence-electron chi connectivity index (χ2n) is 4.65. The summed E-state index contributed by atoms with van der Waals surface area (Å²) in [6, 6.07) is 11.8. The van der Waals surface area contributed by atoms with Crippen molar-refractivity contribution >= 4 is 6.03 Å². The van der Waals surface area contributed by atoms with Crippen LogP contribution in [0.5, 0.6) is 0 Å². The van der Waals surface area contributed by atoms with Gasteiger partial charge in [-0.15, -0.1) is 0 Å². The minimum atomic E-state index is -0.142. The molecule has 0 spiro atoms. The minimum absolute atomic E-state index is 0.142. The van der Waals surface area contributed by atoms with Gasteiger partial charge in [-0.05, 0) is 36.1 Å². The fraction of sp³-hybridized carbons (Fsp3) is 0.250. The number of nitrogens with one attached hydrogen (secondary N) is 2. The van der Waals surface area contributed by atoms with E-state index >= 15 is 0 Å². The molecular weight excluding hydrogens is 250 g/mol. The van der Waals surface area contributed by atoms with Crippen LogP contribution in [0.1, 0.15) is 16.7 Å². The second-order valence-corrected chi connectivity index (χ2v) is 4.65. The largest absolute Gasteiger partial charge is 0.338 e. The molecule has 1 aromatic carbocycles. The molecule has 2 amide bonds. The molecule has 0 radical (unpaired) electrons. The van der Waals surface area contributed by atoms with E-state index in [1.807, 2.05) is 49.5 Å². The molecule has 2 N–H and O–H groups in total. The maximum Gasteiger partial charge on any atom is 0.315 e. The molecule has 1 heterocycles. The fourth-order valence-corrected chi connectivity index (χ4v) is 1.91. The molecule has 0 saturated carbocycles. The van der Waals surface area contributed by atoms with E-state index in [0.717, 1.165) is 17.5 Å². The van der Waals surface area contributed by atoms with Crippen molar-refractivity contribution in [2.24, 2.45) is 0 Å². The standard InChI is InChI=1S/C16H19N3O/c1-13-5-2-3-7-15(13)12-19-16(20)18-10-8-14-6-4-9-17-11-14/h2-7,9,11H,8,10,12H2,1H3,(H2,18,19,20). The molecule has 0 aliphatic heterocycles. The Morgan fingerprint density at radius 1 is 1.15 bits per heavy atom. The summed E-state index contributed by atoms with van der Waals surface area (Å²) in [5.41, 5.74) is 3.43. The Morgan fingerprint density at radius 3 is 2.75 bits per heavy atom. The first-order chi connectivity index (χ1) is 9.75. The summed E-state index contributed by atoms with van der Waals surface area (Å²) in [4.78, 5) is 15.7. The molecule has 0 fully saturated rings. The molecule has 0 unspecified atom stereocenters. The van der Waals surface area contributed by atoms with E-state index in [-0.39, 0.29) is 6.03 Å². The molecule has 0 atom stereocenters. The lowest BCUT2D eigenvalue weighted by molar-refractivity contribution is 0.240. The fourth-order valence-electron chi connectivity index (χ4n) is 1.91. The number of urea groups is 1. The van der Waals surface area contributed by atoms with Gasteiger partial charge in [-0.25, -0.2) is 4.79 Å². The van der Waals surface area contributed by atoms with Crippen molar-refractivity contribution in [2.75, 3.05) is 6.54 Å². The van der Waals surface area contributed by atoms with E-state index in [9.17, 15) is 4.79 Å². The van der Waals surface area contributed by atoms with E-state index in [2.05, 4.69) is 15.6 Å². The topological polar surface area (TPSA) is 54.0 Å². The average Bonchev–Trinajstić information content (AvgIpc) is 2.47. The molecule has 104 valence electrons. The molecule has 2 rings (SSSR count). The highest BCUT2D eigenvalue weighted by molar-refractivity contribution is 5.73. The van der Waals surface area contributed by atoms with Crippen molar-refractivity contribution in [3.8, 4) is 0 Å². The van der Waals surface area contributed by atoms with Gasteiger partial charge >= 0.3 is 6.03 Å². The van der Waals surface area contributed by atoms with Crippen LogP contribution in [0.4, 0.5) is 4.79 Å². The third-order valence-corrected chi connectivity index (χ3v) is 3.12. The molecule has 4 heteroatoms. The van der Waals surface area contributed by atoms with Crippen LogP contribution in [-0.2, 0) is 13.0 Å². The molecule has 20 heavy (non-hydrogen) atoms. The SMILES string of the molecule is Cc1ccccc1CNC(=O)NCCc1cccnc1. The van der Waals surface area contributed by atoms with Gasteiger partial charge in [-0.2, -0.15) is 0 Å². The minimum Gasteiger partial charge on any atom is -0.338 e. The number of aromatic nitrogens is 1. The van der Waals surface area contributed by atoms with Crippen molar-refractivity contribution in [1.29, 1.82) is 0 Å². The number of nitrogens with zero attached hydrogens (tertiary/aromatic N) is 1. The van der Waals surface area contributed by atoms with Crippen LogP contribution in [0.3, 0.4) is 0 Å². The van der Waals surface area contributed by atoms with Gasteiger partial charge < -0.3 is 10.6 Å². The van der Waals surface area contributed by atoms with Crippen molar-refractivity contribution < 1.29 is 4.79 Å². The van der Waals surface area contributed by atoms with Crippen LogP contribution in [0, 0.1) is 6.92 Å². The summed E-state index contributed by atoms with van der Waals surface area (Å²) < 4.78 is 0. The normalized spacial score (nSPS) is 10.1. The highest BCUT2D eigenvalue weighted by atomic mass is 16.2. The van der Waals surface area contributed by atoms with Crippen molar-refractivity contribution in [2.45, 2.75) is 19.9 Å². The van der Waals surface area contributed by atoms with Gasteiger partial charge in [0.05, 0.1) is 0 Å². The monoisotopic (exact) mass is 269 g/mol. The molecule has 2 aromatic rings. The van der Waals surface area contributed by atoms with Gasteiger partial charge in [0.15, 0.2) is 0 Å². The van der Waals surface area contributed by atoms with E-state index < -0.39 is 0 Å². The maximum atomic E-state index is 11.7. The van der Waals surface area contributed by atoms with Crippen LogP contribution < -0.4 is 10.6 Å². The van der Waals surface area contributed by atoms with Gasteiger partial charge in [0.25, 0.3) is 0 Å². The Hall–Kier alpha value is -2.36. The van der Waals surface area contributed by atoms with E-state index in [0.29, 0.717) is 13.1 Å². The van der Waals surface area contributed by atoms with Gasteiger partial charge in [0, 0.05) is 25.5 Å². The number of benzene rings is 1. The Labute approximate surface area is 119 Å². The quantitative estimate of drug-likeness (QED) is 0.876. The number of rotatable bonds is 5. The Kier molecular flexibility index (Phi) is 5.12. The molecule has 1 aromatic heterocycles. The van der Waals surface area contributed by atoms with Gasteiger partial charge in [-0.3, -0.25) is 4.98 Å². The number of aryl methyl sites for hydroxylation is 1. The van der Waals surface area contributed by atoms with Gasteiger partial charge in [0.1, 0.15) is 0 Å². The van der Waals surface area contributed by atoms with Crippen LogP contribution in [-0.4, -0.2) is 17.6 Å². The summed E-state index contributed by atoms with van der Waals surface area (Å²) in [7, 11) is 0. The van der Waals surface area contributed by atoms with Crippen molar-refractivity contribution in [3.63, 3.8) is 0 Å². The first-order valence-corrected chi connectivity index (χ1v) is 6.71. The Balaban J connectivity index is 1.70. The first kappa shape index (κ1) is 14.1. The molecule has 0 aliphatic carbocycles. The number of pyridine rings is 1. The number of amides is 2. The molecular formula is C16H19N3O.